The third-order valence-corrected chi connectivity index (χ3v) is 12.6. The number of esters is 2. The summed E-state index contributed by atoms with van der Waals surface area (Å²) in [4.78, 5) is 52.1. The number of aromatic nitrogens is 2. The summed E-state index contributed by atoms with van der Waals surface area (Å²) in [5.74, 6) is 1.25. The number of fused-ring (bicyclic) bond motifs is 2. The topological polar surface area (TPSA) is 167 Å². The van der Waals surface area contributed by atoms with E-state index in [2.05, 4.69) is 39.4 Å². The SMILES string of the molecule is CCOC(=O)CC1(O)CCN(CCCCCc2ccc3c(n2)N(C(=O)OC(C)(C)C)CCC3)CC1.CCOC(=O)CC1(O)CCN(CCCCCc2ccc3c(n2)NCCC3)CC1.Cl. The van der Waals surface area contributed by atoms with Crippen LogP contribution in [0.2, 0.25) is 0 Å². The Hall–Kier alpha value is -3.56. The number of halogens is 1. The molecule has 0 atom stereocenters. The molecule has 6 heterocycles. The number of hydrogen-bond donors (Lipinski definition) is 3. The number of aryl methyl sites for hydroxylation is 4. The number of rotatable bonds is 18. The molecule has 15 heteroatoms. The van der Waals surface area contributed by atoms with Crippen molar-refractivity contribution in [2.24, 2.45) is 0 Å². The van der Waals surface area contributed by atoms with Crippen molar-refractivity contribution < 1.29 is 38.8 Å². The lowest BCUT2D eigenvalue weighted by Gasteiger charge is -2.37. The number of piperidine rings is 2. The highest BCUT2D eigenvalue weighted by Gasteiger charge is 2.36. The molecule has 0 bridgehead atoms. The van der Waals surface area contributed by atoms with Gasteiger partial charge in [0.05, 0.1) is 37.3 Å². The normalized spacial score (nSPS) is 18.2. The van der Waals surface area contributed by atoms with Crippen LogP contribution in [0.5, 0.6) is 0 Å². The molecule has 3 N–H and O–H groups in total. The van der Waals surface area contributed by atoms with Crippen LogP contribution in [-0.2, 0) is 49.5 Å². The number of likely N-dealkylation sites (tertiary alicyclic amines) is 2. The highest BCUT2D eigenvalue weighted by molar-refractivity contribution is 5.88. The molecule has 4 aliphatic rings. The van der Waals surface area contributed by atoms with Gasteiger partial charge in [-0.15, -0.1) is 12.4 Å². The highest BCUT2D eigenvalue weighted by atomic mass is 35.5. The first-order valence-electron chi connectivity index (χ1n) is 24.1. The maximum atomic E-state index is 12.7. The zero-order valence-electron chi connectivity index (χ0n) is 39.6. The Labute approximate surface area is 389 Å². The number of ether oxygens (including phenoxy) is 3. The van der Waals surface area contributed by atoms with Gasteiger partial charge in [0.15, 0.2) is 0 Å². The van der Waals surface area contributed by atoms with Gasteiger partial charge in [-0.3, -0.25) is 14.5 Å². The zero-order chi connectivity index (χ0) is 45.3. The van der Waals surface area contributed by atoms with E-state index in [-0.39, 0.29) is 43.3 Å². The third kappa shape index (κ3) is 17.7. The summed E-state index contributed by atoms with van der Waals surface area (Å²) in [7, 11) is 0. The van der Waals surface area contributed by atoms with E-state index in [0.29, 0.717) is 45.4 Å². The molecule has 1 amide bonds. The largest absolute Gasteiger partial charge is 0.466 e. The Morgan fingerprint density at radius 3 is 1.70 bits per heavy atom. The number of pyridine rings is 2. The number of unbranched alkanes of at least 4 members (excludes halogenated alkanes) is 4. The molecule has 64 heavy (non-hydrogen) atoms. The molecule has 14 nitrogen and oxygen atoms in total. The smallest absolute Gasteiger partial charge is 0.416 e. The highest BCUT2D eigenvalue weighted by Crippen LogP contribution is 2.30. The molecule has 6 rings (SSSR count). The number of hydrogen-bond acceptors (Lipinski definition) is 13. The lowest BCUT2D eigenvalue weighted by Crippen LogP contribution is -2.45. The van der Waals surface area contributed by atoms with Gasteiger partial charge < -0.3 is 39.5 Å². The molecular formula is C49H79ClN6O8. The molecule has 0 unspecified atom stereocenters. The summed E-state index contributed by atoms with van der Waals surface area (Å²) in [6.45, 7) is 17.0. The lowest BCUT2D eigenvalue weighted by atomic mass is 9.88. The fraction of sp³-hybridized carbons (Fsp3) is 0.735. The van der Waals surface area contributed by atoms with E-state index in [0.717, 1.165) is 126 Å². The maximum absolute atomic E-state index is 12.7. The van der Waals surface area contributed by atoms with Gasteiger partial charge in [-0.05, 0) is 161 Å². The predicted molar refractivity (Wildman–Crippen MR) is 253 cm³/mol. The summed E-state index contributed by atoms with van der Waals surface area (Å²) in [6, 6.07) is 8.61. The zero-order valence-corrected chi connectivity index (χ0v) is 40.4. The Kier molecular flexibility index (Phi) is 21.5. The van der Waals surface area contributed by atoms with Gasteiger partial charge in [-0.1, -0.05) is 25.0 Å². The Morgan fingerprint density at radius 1 is 0.688 bits per heavy atom. The van der Waals surface area contributed by atoms with Crippen LogP contribution in [0, 0.1) is 0 Å². The molecule has 0 radical (unpaired) electrons. The summed E-state index contributed by atoms with van der Waals surface area (Å²) in [5, 5.41) is 24.6. The molecular weight excluding hydrogens is 836 g/mol. The van der Waals surface area contributed by atoms with Crippen molar-refractivity contribution in [3.63, 3.8) is 0 Å². The number of nitrogens with one attached hydrogen (secondary N) is 1. The van der Waals surface area contributed by atoms with E-state index in [9.17, 15) is 24.6 Å². The van der Waals surface area contributed by atoms with Crippen molar-refractivity contribution in [2.75, 3.05) is 75.8 Å². The van der Waals surface area contributed by atoms with Gasteiger partial charge in [0, 0.05) is 50.7 Å². The minimum Gasteiger partial charge on any atom is -0.466 e. The van der Waals surface area contributed by atoms with Gasteiger partial charge in [0.1, 0.15) is 17.2 Å². The van der Waals surface area contributed by atoms with Gasteiger partial charge in [0.2, 0.25) is 0 Å². The van der Waals surface area contributed by atoms with E-state index < -0.39 is 16.8 Å². The second kappa shape index (κ2) is 26.0. The van der Waals surface area contributed by atoms with Crippen LogP contribution in [0.3, 0.4) is 0 Å². The molecule has 360 valence electrons. The minimum absolute atomic E-state index is 0. The number of carbonyl (C=O) groups excluding carboxylic acids is 3. The van der Waals surface area contributed by atoms with E-state index in [1.54, 1.807) is 18.7 Å². The van der Waals surface area contributed by atoms with Crippen LogP contribution in [0.15, 0.2) is 24.3 Å². The minimum atomic E-state index is -0.923. The Bertz CT molecular complexity index is 1760. The van der Waals surface area contributed by atoms with Gasteiger partial charge in [0.25, 0.3) is 0 Å². The number of aliphatic hydroxyl groups is 2. The first kappa shape index (κ1) is 53.1. The van der Waals surface area contributed by atoms with E-state index in [1.165, 1.54) is 30.5 Å². The molecule has 0 aliphatic carbocycles. The number of nitrogens with zero attached hydrogens (tertiary/aromatic N) is 5. The quantitative estimate of drug-likeness (QED) is 0.0761. The molecule has 0 aromatic carbocycles. The van der Waals surface area contributed by atoms with Crippen molar-refractivity contribution >= 4 is 42.1 Å². The monoisotopic (exact) mass is 915 g/mol. The van der Waals surface area contributed by atoms with Gasteiger partial charge in [-0.25, -0.2) is 14.8 Å². The first-order valence-corrected chi connectivity index (χ1v) is 24.1. The first-order chi connectivity index (χ1) is 30.2. The summed E-state index contributed by atoms with van der Waals surface area (Å²) in [5.41, 5.74) is 2.33. The second-order valence-electron chi connectivity index (χ2n) is 19.1. The summed E-state index contributed by atoms with van der Waals surface area (Å²) < 4.78 is 15.6. The number of anilines is 2. The predicted octanol–water partition coefficient (Wildman–Crippen LogP) is 7.62. The van der Waals surface area contributed by atoms with Crippen LogP contribution in [0.25, 0.3) is 0 Å². The van der Waals surface area contributed by atoms with Crippen molar-refractivity contribution in [1.29, 1.82) is 0 Å². The van der Waals surface area contributed by atoms with Crippen molar-refractivity contribution in [2.45, 2.75) is 167 Å². The van der Waals surface area contributed by atoms with Crippen LogP contribution in [0.1, 0.15) is 147 Å². The van der Waals surface area contributed by atoms with Crippen molar-refractivity contribution in [1.82, 2.24) is 19.8 Å². The molecule has 0 spiro atoms. The third-order valence-electron chi connectivity index (χ3n) is 12.6. The second-order valence-corrected chi connectivity index (χ2v) is 19.1. The van der Waals surface area contributed by atoms with E-state index in [1.807, 2.05) is 20.8 Å². The fourth-order valence-electron chi connectivity index (χ4n) is 8.96. The lowest BCUT2D eigenvalue weighted by molar-refractivity contribution is -0.151. The number of carbonyl (C=O) groups is 3. The van der Waals surface area contributed by atoms with Gasteiger partial charge >= 0.3 is 18.0 Å². The van der Waals surface area contributed by atoms with E-state index >= 15 is 0 Å². The fourth-order valence-corrected chi connectivity index (χ4v) is 8.96. The standard InChI is InChI=1S/C27H43N3O5.C22H35N3O3.ClH/c1-5-34-23(31)20-27(33)14-18-29(19-15-27)16-8-6-7-11-22-13-12-21-10-9-17-30(24(21)28-22)25(32)35-26(2,3)4;1-2-28-20(26)17-22(27)11-15-25(16-12-22)14-5-3-4-8-19-10-9-18-7-6-13-23-21(18)24-19;/h12-13,33H,5-11,14-20H2,1-4H3;9-10,27H,2-8,11-17H2,1H3,(H,23,24);1H. The molecule has 2 fully saturated rings. The van der Waals surface area contributed by atoms with Crippen LogP contribution in [-0.4, -0.2) is 130 Å². The molecule has 2 aromatic rings. The van der Waals surface area contributed by atoms with Crippen molar-refractivity contribution in [3.8, 4) is 0 Å². The average molecular weight is 916 g/mol. The number of amides is 1. The Morgan fingerprint density at radius 2 is 1.19 bits per heavy atom. The summed E-state index contributed by atoms with van der Waals surface area (Å²) >= 11 is 0. The summed E-state index contributed by atoms with van der Waals surface area (Å²) in [6.07, 6.45) is 15.3. The van der Waals surface area contributed by atoms with Gasteiger partial charge in [-0.2, -0.15) is 0 Å². The average Bonchev–Trinajstić information content (AvgIpc) is 3.24. The molecule has 2 aromatic heterocycles. The van der Waals surface area contributed by atoms with Crippen molar-refractivity contribution in [3.05, 3.63) is 46.8 Å². The van der Waals surface area contributed by atoms with Crippen LogP contribution >= 0.6 is 12.4 Å². The molecule has 2 saturated heterocycles. The van der Waals surface area contributed by atoms with Crippen LogP contribution in [0.4, 0.5) is 16.4 Å². The molecule has 0 saturated carbocycles. The Balaban J connectivity index is 0.000000283. The van der Waals surface area contributed by atoms with E-state index in [4.69, 9.17) is 24.2 Å². The molecule has 4 aliphatic heterocycles. The van der Waals surface area contributed by atoms with Crippen LogP contribution < -0.4 is 10.2 Å². The maximum Gasteiger partial charge on any atom is 0.416 e.